The second kappa shape index (κ2) is 29.1. The number of hydrogen-bond acceptors (Lipinski definition) is 17. The molecule has 71 heavy (non-hydrogen) atoms. The fourth-order valence-electron chi connectivity index (χ4n) is 7.04. The smallest absolute Gasteiger partial charge is 0.407 e. The minimum absolute atomic E-state index is 0.0436. The van der Waals surface area contributed by atoms with E-state index in [-0.39, 0.29) is 25.6 Å². The highest BCUT2D eigenvalue weighted by Gasteiger charge is 2.51. The number of ether oxygens (including phenoxy) is 6. The van der Waals surface area contributed by atoms with E-state index in [1.165, 1.54) is 9.80 Å². The molecule has 0 spiro atoms. The maximum atomic E-state index is 14.6. The number of hydrogen-bond donors (Lipinski definition) is 4. The van der Waals surface area contributed by atoms with Crippen LogP contribution in [-0.4, -0.2) is 175 Å². The molecule has 1 fully saturated rings. The van der Waals surface area contributed by atoms with Gasteiger partial charge in [0.15, 0.2) is 18.4 Å². The van der Waals surface area contributed by atoms with E-state index < -0.39 is 134 Å². The van der Waals surface area contributed by atoms with Crippen LogP contribution in [0.4, 0.5) is 4.79 Å². The molecule has 0 aliphatic carbocycles. The van der Waals surface area contributed by atoms with E-state index in [2.05, 4.69) is 21.3 Å². The van der Waals surface area contributed by atoms with Gasteiger partial charge in [-0.1, -0.05) is 44.2 Å². The van der Waals surface area contributed by atoms with Crippen molar-refractivity contribution in [3.8, 4) is 0 Å². The average Bonchev–Trinajstić information content (AvgIpc) is 3.22. The van der Waals surface area contributed by atoms with Gasteiger partial charge < -0.3 is 64.4 Å². The van der Waals surface area contributed by atoms with Gasteiger partial charge in [-0.3, -0.25) is 43.2 Å². The third kappa shape index (κ3) is 24.9. The molecule has 0 unspecified atom stereocenters. The van der Waals surface area contributed by atoms with E-state index in [0.29, 0.717) is 31.5 Å². The third-order valence-corrected chi connectivity index (χ3v) is 9.73. The Morgan fingerprint density at radius 3 is 1.80 bits per heavy atom. The molecular weight excluding hydrogens is 931 g/mol. The number of esters is 4. The Balaban J connectivity index is 2.53. The van der Waals surface area contributed by atoms with Crippen LogP contribution in [0.15, 0.2) is 30.3 Å². The molecule has 0 saturated carbocycles. The van der Waals surface area contributed by atoms with Crippen LogP contribution in [0.1, 0.15) is 101 Å². The second-order valence-electron chi connectivity index (χ2n) is 19.4. The van der Waals surface area contributed by atoms with Gasteiger partial charge in [-0.2, -0.15) is 0 Å². The summed E-state index contributed by atoms with van der Waals surface area (Å²) in [6, 6.07) is 7.36. The van der Waals surface area contributed by atoms with E-state index in [4.69, 9.17) is 28.4 Å². The maximum absolute atomic E-state index is 14.6. The minimum atomic E-state index is -1.60. The number of unbranched alkanes of at least 4 members (excludes halogenated alkanes) is 1. The summed E-state index contributed by atoms with van der Waals surface area (Å²) in [5.74, 6) is -7.08. The van der Waals surface area contributed by atoms with Gasteiger partial charge in [-0.15, -0.1) is 0 Å². The van der Waals surface area contributed by atoms with Gasteiger partial charge >= 0.3 is 30.0 Å². The maximum Gasteiger partial charge on any atom is 0.407 e. The highest BCUT2D eigenvalue weighted by molar-refractivity contribution is 5.92. The SMILES string of the molecule is CC(=O)N[C@@H]1[C@@H](OC(C)=O)[C@H](OC(C)=O)[C@@H](COC(C)=O)O[C@H]1NC(=O)CN(CC(=O)N(CC(=O)OC(C)(C)C)CC(C)C)C(=O)CN(Cc1ccccc1)C(=O)CNCCCCNC(=O)OC(C)(C)C. The molecule has 1 aromatic rings. The molecule has 0 radical (unpaired) electrons. The first-order chi connectivity index (χ1) is 33.0. The van der Waals surface area contributed by atoms with Crippen molar-refractivity contribution >= 4 is 59.5 Å². The van der Waals surface area contributed by atoms with Crippen LogP contribution >= 0.6 is 0 Å². The Bertz CT molecular complexity index is 1990. The highest BCUT2D eigenvalue weighted by Crippen LogP contribution is 2.27. The first-order valence-corrected chi connectivity index (χ1v) is 23.5. The zero-order chi connectivity index (χ0) is 53.6. The fourth-order valence-corrected chi connectivity index (χ4v) is 7.04. The lowest BCUT2D eigenvalue weighted by Gasteiger charge is -2.45. The molecule has 2 rings (SSSR count). The highest BCUT2D eigenvalue weighted by atomic mass is 16.6. The normalized spacial score (nSPS) is 17.7. The Morgan fingerprint density at radius 1 is 0.662 bits per heavy atom. The molecule has 0 bridgehead atoms. The molecule has 0 aromatic heterocycles. The molecule has 6 amide bonds. The van der Waals surface area contributed by atoms with Gasteiger partial charge in [0.05, 0.1) is 6.54 Å². The minimum Gasteiger partial charge on any atom is -0.463 e. The number of carbonyl (C=O) groups excluding carboxylic acids is 10. The molecule has 1 aliphatic rings. The largest absolute Gasteiger partial charge is 0.463 e. The van der Waals surface area contributed by atoms with Crippen LogP contribution in [0.5, 0.6) is 0 Å². The number of nitrogens with one attached hydrogen (secondary N) is 4. The molecule has 5 atom stereocenters. The molecule has 1 aromatic carbocycles. The van der Waals surface area contributed by atoms with Gasteiger partial charge in [0.25, 0.3) is 0 Å². The van der Waals surface area contributed by atoms with E-state index >= 15 is 0 Å². The molecule has 398 valence electrons. The van der Waals surface area contributed by atoms with E-state index in [1.54, 1.807) is 71.9 Å². The summed E-state index contributed by atoms with van der Waals surface area (Å²) in [5.41, 5.74) is -0.865. The molecular formula is C48H75N7O16. The van der Waals surface area contributed by atoms with Crippen molar-refractivity contribution in [2.24, 2.45) is 5.92 Å². The molecule has 1 aliphatic heterocycles. The van der Waals surface area contributed by atoms with Crippen molar-refractivity contribution in [3.05, 3.63) is 35.9 Å². The summed E-state index contributed by atoms with van der Waals surface area (Å²) in [6.07, 6.45) is -5.36. The van der Waals surface area contributed by atoms with Crippen LogP contribution in [-0.2, 0) is 78.1 Å². The molecule has 4 N–H and O–H groups in total. The standard InChI is InChI=1S/C48H75N7O16/c1-30(2)23-53(28-41(64)70-47(7,8)9)39(62)27-55(25-37(60)52-45-42(51-31(3)56)44(68-34(6)59)43(67-33(5)58)36(69-45)29-66-32(4)57)40(63)26-54(24-35-18-14-13-15-19-35)38(61)22-49-20-16-17-21-50-46(65)71-48(10,11)12/h13-15,18-19,30,36,42-45,49H,16-17,20-29H2,1-12H3,(H,50,65)(H,51,56)(H,52,60)/t36-,42-,43-,44-,45-/m1/s1. The molecule has 1 saturated heterocycles. The van der Waals surface area contributed by atoms with Crippen molar-refractivity contribution in [1.82, 2.24) is 36.0 Å². The quantitative estimate of drug-likeness (QED) is 0.0611. The fraction of sp³-hybridized carbons (Fsp3) is 0.667. The lowest BCUT2D eigenvalue weighted by atomic mass is 9.95. The number of alkyl carbamates (subject to hydrolysis) is 1. The van der Waals surface area contributed by atoms with E-state index in [0.717, 1.165) is 32.6 Å². The van der Waals surface area contributed by atoms with Crippen LogP contribution in [0.2, 0.25) is 0 Å². The van der Waals surface area contributed by atoms with Gasteiger partial charge in [-0.25, -0.2) is 4.79 Å². The third-order valence-electron chi connectivity index (χ3n) is 9.73. The Kier molecular flexibility index (Phi) is 24.9. The lowest BCUT2D eigenvalue weighted by Crippen LogP contribution is -2.70. The summed E-state index contributed by atoms with van der Waals surface area (Å²) in [4.78, 5) is 134. The van der Waals surface area contributed by atoms with Gasteiger partial charge in [0.1, 0.15) is 56.1 Å². The van der Waals surface area contributed by atoms with Gasteiger partial charge in [-0.05, 0) is 72.4 Å². The predicted octanol–water partition coefficient (Wildman–Crippen LogP) is 1.34. The second-order valence-corrected chi connectivity index (χ2v) is 19.4. The Morgan fingerprint density at radius 2 is 1.24 bits per heavy atom. The van der Waals surface area contributed by atoms with Crippen molar-refractivity contribution in [1.29, 1.82) is 0 Å². The van der Waals surface area contributed by atoms with Crippen LogP contribution in [0.3, 0.4) is 0 Å². The summed E-state index contributed by atoms with van der Waals surface area (Å²) in [5, 5.41) is 10.9. The molecule has 23 heteroatoms. The van der Waals surface area contributed by atoms with Crippen LogP contribution < -0.4 is 21.3 Å². The first kappa shape index (κ1) is 60.8. The van der Waals surface area contributed by atoms with E-state index in [9.17, 15) is 47.9 Å². The summed E-state index contributed by atoms with van der Waals surface area (Å²) in [7, 11) is 0. The van der Waals surface area contributed by atoms with Crippen molar-refractivity contribution in [2.45, 2.75) is 144 Å². The summed E-state index contributed by atoms with van der Waals surface area (Å²) in [6.45, 7) is 15.5. The number of carbonyl (C=O) groups is 10. The number of rotatable bonds is 25. The topological polar surface area (TPSA) is 284 Å². The number of benzene rings is 1. The zero-order valence-electron chi connectivity index (χ0n) is 43.2. The Hall–Kier alpha value is -6.36. The molecule has 23 nitrogen and oxygen atoms in total. The van der Waals surface area contributed by atoms with Crippen LogP contribution in [0.25, 0.3) is 0 Å². The van der Waals surface area contributed by atoms with E-state index in [1.807, 2.05) is 13.8 Å². The lowest BCUT2D eigenvalue weighted by molar-refractivity contribution is -0.228. The number of amides is 6. The van der Waals surface area contributed by atoms with Crippen LogP contribution in [0, 0.1) is 5.92 Å². The number of nitrogens with zero attached hydrogens (tertiary/aromatic N) is 3. The summed E-state index contributed by atoms with van der Waals surface area (Å²) >= 11 is 0. The predicted molar refractivity (Wildman–Crippen MR) is 254 cm³/mol. The average molecular weight is 1010 g/mol. The van der Waals surface area contributed by atoms with Gasteiger partial charge in [0, 0.05) is 47.3 Å². The zero-order valence-corrected chi connectivity index (χ0v) is 43.2. The molecule has 1 heterocycles. The van der Waals surface area contributed by atoms with Crippen molar-refractivity contribution in [2.75, 3.05) is 59.0 Å². The van der Waals surface area contributed by atoms with Crippen molar-refractivity contribution < 1.29 is 76.4 Å². The van der Waals surface area contributed by atoms with Gasteiger partial charge in [0.2, 0.25) is 29.5 Å². The first-order valence-electron chi connectivity index (χ1n) is 23.5. The Labute approximate surface area is 416 Å². The summed E-state index contributed by atoms with van der Waals surface area (Å²) < 4.78 is 32.9. The monoisotopic (exact) mass is 1010 g/mol. The van der Waals surface area contributed by atoms with Crippen molar-refractivity contribution in [3.63, 3.8) is 0 Å².